The Kier molecular flexibility index (Phi) is 5.79. The van der Waals surface area contributed by atoms with Crippen molar-refractivity contribution in [1.82, 2.24) is 0 Å². The molecule has 6 N–H and O–H groups in total. The number of carbonyl (C=O) groups is 1. The topological polar surface area (TPSA) is 107 Å². The van der Waals surface area contributed by atoms with Crippen LogP contribution in [0.4, 0.5) is 4.39 Å². The molecular weight excluding hydrogens is 175 g/mol. The number of nitrogens with two attached hydrogens (primary N) is 3. The van der Waals surface area contributed by atoms with E-state index in [9.17, 15) is 9.18 Å². The average Bonchev–Trinajstić information content (AvgIpc) is 2.10. The molecule has 0 fully saturated rings. The second-order valence-electron chi connectivity index (χ2n) is 2.66. The Balaban J connectivity index is 3.53. The number of aliphatic imine (C=N–C) groups is 1. The van der Waals surface area contributed by atoms with Crippen LogP contribution in [-0.2, 0) is 4.79 Å². The molecule has 13 heavy (non-hydrogen) atoms. The second-order valence-corrected chi connectivity index (χ2v) is 2.66. The Bertz CT molecular complexity index is 191. The molecule has 0 amide bonds. The fourth-order valence-electron chi connectivity index (χ4n) is 0.779. The molecule has 0 aromatic heterocycles. The molecule has 0 saturated carbocycles. The van der Waals surface area contributed by atoms with E-state index >= 15 is 0 Å². The summed E-state index contributed by atoms with van der Waals surface area (Å²) >= 11 is 0. The third-order valence-corrected chi connectivity index (χ3v) is 1.51. The van der Waals surface area contributed by atoms with Crippen molar-refractivity contribution in [2.45, 2.75) is 18.9 Å². The van der Waals surface area contributed by atoms with E-state index in [-0.39, 0.29) is 5.96 Å². The third kappa shape index (κ3) is 6.03. The summed E-state index contributed by atoms with van der Waals surface area (Å²) in [4.78, 5) is 14.3. The van der Waals surface area contributed by atoms with E-state index in [0.717, 1.165) is 0 Å². The van der Waals surface area contributed by atoms with E-state index in [1.807, 2.05) is 0 Å². The summed E-state index contributed by atoms with van der Waals surface area (Å²) in [6.45, 7) is -0.598. The summed E-state index contributed by atoms with van der Waals surface area (Å²) in [7, 11) is 0. The molecule has 76 valence electrons. The number of rotatable bonds is 6. The zero-order chi connectivity index (χ0) is 10.3. The van der Waals surface area contributed by atoms with Gasteiger partial charge in [0.05, 0.1) is 6.04 Å². The van der Waals surface area contributed by atoms with E-state index in [0.29, 0.717) is 19.4 Å². The number of Topliss-reactive ketones (excluding diaryl/α,β-unsaturated/α-hetero) is 1. The van der Waals surface area contributed by atoms with Gasteiger partial charge in [0.25, 0.3) is 0 Å². The zero-order valence-electron chi connectivity index (χ0n) is 7.37. The summed E-state index contributed by atoms with van der Waals surface area (Å²) in [5.74, 6) is -0.574. The minimum absolute atomic E-state index is 0.00499. The summed E-state index contributed by atoms with van der Waals surface area (Å²) in [5, 5.41) is 0. The van der Waals surface area contributed by atoms with Gasteiger partial charge in [-0.15, -0.1) is 0 Å². The van der Waals surface area contributed by atoms with Crippen molar-refractivity contribution in [3.8, 4) is 0 Å². The maximum atomic E-state index is 11.8. The quantitative estimate of drug-likeness (QED) is 0.281. The van der Waals surface area contributed by atoms with Gasteiger partial charge in [-0.25, -0.2) is 4.39 Å². The van der Waals surface area contributed by atoms with Crippen molar-refractivity contribution >= 4 is 11.7 Å². The third-order valence-electron chi connectivity index (χ3n) is 1.51. The lowest BCUT2D eigenvalue weighted by Gasteiger charge is -2.05. The first kappa shape index (κ1) is 11.8. The van der Waals surface area contributed by atoms with Gasteiger partial charge >= 0.3 is 0 Å². The Morgan fingerprint density at radius 3 is 2.54 bits per heavy atom. The van der Waals surface area contributed by atoms with Gasteiger partial charge in [-0.1, -0.05) is 0 Å². The normalized spacial score (nSPS) is 12.2. The first-order valence-electron chi connectivity index (χ1n) is 3.97. The summed E-state index contributed by atoms with van der Waals surface area (Å²) in [6.07, 6.45) is 0.977. The molecule has 0 unspecified atom stereocenters. The zero-order valence-corrected chi connectivity index (χ0v) is 7.37. The number of halogens is 1. The second kappa shape index (κ2) is 6.36. The van der Waals surface area contributed by atoms with E-state index in [4.69, 9.17) is 17.2 Å². The first-order chi connectivity index (χ1) is 6.07. The summed E-state index contributed by atoms with van der Waals surface area (Å²) in [6, 6.07) is -0.737. The van der Waals surface area contributed by atoms with Gasteiger partial charge in [-0.05, 0) is 12.8 Å². The van der Waals surface area contributed by atoms with Crippen LogP contribution in [0.3, 0.4) is 0 Å². The molecule has 0 aliphatic rings. The predicted octanol–water partition coefficient (Wildman–Crippen LogP) is -1.09. The molecule has 0 aliphatic heterocycles. The van der Waals surface area contributed by atoms with E-state index in [2.05, 4.69) is 4.99 Å². The van der Waals surface area contributed by atoms with Crippen LogP contribution in [0.15, 0.2) is 4.99 Å². The van der Waals surface area contributed by atoms with Crippen LogP contribution >= 0.6 is 0 Å². The highest BCUT2D eigenvalue weighted by molar-refractivity contribution is 5.84. The Labute approximate surface area is 76.2 Å². The molecule has 0 aromatic rings. The minimum Gasteiger partial charge on any atom is -0.370 e. The number of alkyl halides is 1. The predicted molar refractivity (Wildman–Crippen MR) is 48.9 cm³/mol. The van der Waals surface area contributed by atoms with Crippen LogP contribution in [0.5, 0.6) is 0 Å². The number of carbonyl (C=O) groups excluding carboxylic acids is 1. The van der Waals surface area contributed by atoms with Gasteiger partial charge in [0.2, 0.25) is 0 Å². The molecule has 0 rings (SSSR count). The van der Waals surface area contributed by atoms with E-state index in [1.54, 1.807) is 0 Å². The number of nitrogens with zero attached hydrogens (tertiary/aromatic N) is 1. The fraction of sp³-hybridized carbons (Fsp3) is 0.714. The molecule has 1 atom stereocenters. The summed E-state index contributed by atoms with van der Waals surface area (Å²) in [5.41, 5.74) is 15.5. The lowest BCUT2D eigenvalue weighted by molar-refractivity contribution is -0.121. The molecule has 6 heteroatoms. The summed E-state index contributed by atoms with van der Waals surface area (Å²) < 4.78 is 11.8. The maximum Gasteiger partial charge on any atom is 0.185 e. The number of guanidine groups is 1. The van der Waals surface area contributed by atoms with Crippen LogP contribution < -0.4 is 17.2 Å². The largest absolute Gasteiger partial charge is 0.370 e. The van der Waals surface area contributed by atoms with Crippen LogP contribution in [0.2, 0.25) is 0 Å². The highest BCUT2D eigenvalue weighted by Crippen LogP contribution is 1.96. The molecule has 0 saturated heterocycles. The number of hydrogen-bond donors (Lipinski definition) is 3. The van der Waals surface area contributed by atoms with Crippen molar-refractivity contribution in [2.75, 3.05) is 13.2 Å². The van der Waals surface area contributed by atoms with Crippen LogP contribution in [0, 0.1) is 0 Å². The van der Waals surface area contributed by atoms with Crippen molar-refractivity contribution < 1.29 is 9.18 Å². The Hall–Kier alpha value is -1.17. The van der Waals surface area contributed by atoms with Gasteiger partial charge in [0.15, 0.2) is 11.7 Å². The standard InChI is InChI=1S/C7H15FN4O/c8-4-6(13)5(9)2-1-3-12-7(10)11/h5H,1-4,9H2,(H4,10,11,12)/t5-/m0/s1. The molecule has 5 nitrogen and oxygen atoms in total. The maximum absolute atomic E-state index is 11.8. The van der Waals surface area contributed by atoms with E-state index in [1.165, 1.54) is 0 Å². The van der Waals surface area contributed by atoms with Crippen LogP contribution in [0.25, 0.3) is 0 Å². The molecule has 0 spiro atoms. The Morgan fingerprint density at radius 2 is 2.08 bits per heavy atom. The van der Waals surface area contributed by atoms with E-state index < -0.39 is 18.5 Å². The average molecular weight is 190 g/mol. The number of ketones is 1. The highest BCUT2D eigenvalue weighted by Gasteiger charge is 2.11. The molecule has 0 radical (unpaired) electrons. The van der Waals surface area contributed by atoms with Crippen molar-refractivity contribution in [3.63, 3.8) is 0 Å². The molecule has 0 aromatic carbocycles. The lowest BCUT2D eigenvalue weighted by atomic mass is 10.1. The van der Waals surface area contributed by atoms with Crippen molar-refractivity contribution in [3.05, 3.63) is 0 Å². The van der Waals surface area contributed by atoms with Gasteiger partial charge < -0.3 is 17.2 Å². The van der Waals surface area contributed by atoms with Gasteiger partial charge in [-0.2, -0.15) is 0 Å². The number of hydrogen-bond acceptors (Lipinski definition) is 3. The fourth-order valence-corrected chi connectivity index (χ4v) is 0.779. The monoisotopic (exact) mass is 190 g/mol. The van der Waals surface area contributed by atoms with Crippen molar-refractivity contribution in [2.24, 2.45) is 22.2 Å². The van der Waals surface area contributed by atoms with Crippen molar-refractivity contribution in [1.29, 1.82) is 0 Å². The molecule has 0 heterocycles. The van der Waals surface area contributed by atoms with Gasteiger partial charge in [0.1, 0.15) is 6.67 Å². The molecule has 0 bridgehead atoms. The molecular formula is C7H15FN4O. The highest BCUT2D eigenvalue weighted by atomic mass is 19.1. The van der Waals surface area contributed by atoms with Gasteiger partial charge in [0, 0.05) is 6.54 Å². The van der Waals surface area contributed by atoms with Gasteiger partial charge in [-0.3, -0.25) is 9.79 Å². The van der Waals surface area contributed by atoms with Crippen LogP contribution in [0.1, 0.15) is 12.8 Å². The SMILES string of the molecule is NC(N)=NCCC[C@H](N)C(=O)CF. The minimum atomic E-state index is -1.01. The smallest absolute Gasteiger partial charge is 0.185 e. The lowest BCUT2D eigenvalue weighted by Crippen LogP contribution is -2.31. The first-order valence-corrected chi connectivity index (χ1v) is 3.97. The van der Waals surface area contributed by atoms with Crippen LogP contribution in [-0.4, -0.2) is 31.0 Å². The molecule has 0 aliphatic carbocycles. The Morgan fingerprint density at radius 1 is 1.46 bits per heavy atom.